The molecule has 1 heterocycles. The molecule has 0 atom stereocenters. The zero-order chi connectivity index (χ0) is 15.5. The molecule has 0 aliphatic heterocycles. The van der Waals surface area contributed by atoms with E-state index in [0.29, 0.717) is 28.5 Å². The van der Waals surface area contributed by atoms with E-state index in [1.165, 1.54) is 0 Å². The third-order valence-electron chi connectivity index (χ3n) is 3.21. The van der Waals surface area contributed by atoms with Crippen LogP contribution >= 0.6 is 0 Å². The van der Waals surface area contributed by atoms with Crippen LogP contribution in [0.3, 0.4) is 0 Å². The van der Waals surface area contributed by atoms with Crippen molar-refractivity contribution >= 4 is 33.7 Å². The van der Waals surface area contributed by atoms with Crippen molar-refractivity contribution in [3.8, 4) is 5.75 Å². The number of anilines is 2. The van der Waals surface area contributed by atoms with Crippen molar-refractivity contribution in [2.24, 2.45) is 10.2 Å². The Balaban J connectivity index is 2.07. The summed E-state index contributed by atoms with van der Waals surface area (Å²) in [6.07, 6.45) is 1.71. The number of ether oxygens (including phenoxy) is 1. The molecule has 0 aliphatic carbocycles. The second kappa shape index (κ2) is 5.69. The number of aromatic nitrogens is 1. The highest BCUT2D eigenvalue weighted by molar-refractivity contribution is 5.90. The van der Waals surface area contributed by atoms with Crippen LogP contribution in [-0.4, -0.2) is 12.1 Å². The molecule has 0 spiro atoms. The van der Waals surface area contributed by atoms with E-state index in [4.69, 9.17) is 16.2 Å². The molecule has 6 nitrogen and oxygen atoms in total. The first-order valence-corrected chi connectivity index (χ1v) is 6.67. The fourth-order valence-corrected chi connectivity index (χ4v) is 2.11. The first-order valence-electron chi connectivity index (χ1n) is 6.67. The van der Waals surface area contributed by atoms with Crippen LogP contribution in [0.25, 0.3) is 10.9 Å². The van der Waals surface area contributed by atoms with Gasteiger partial charge in [-0.1, -0.05) is 6.07 Å². The zero-order valence-corrected chi connectivity index (χ0v) is 12.0. The average molecular weight is 293 g/mol. The Morgan fingerprint density at radius 2 is 1.82 bits per heavy atom. The molecule has 4 N–H and O–H groups in total. The molecule has 22 heavy (non-hydrogen) atoms. The predicted molar refractivity (Wildman–Crippen MR) is 87.7 cm³/mol. The smallest absolute Gasteiger partial charge is 0.121 e. The van der Waals surface area contributed by atoms with Crippen molar-refractivity contribution in [1.29, 1.82) is 0 Å². The van der Waals surface area contributed by atoms with E-state index in [0.717, 1.165) is 10.9 Å². The van der Waals surface area contributed by atoms with Crippen LogP contribution in [0, 0.1) is 0 Å². The summed E-state index contributed by atoms with van der Waals surface area (Å²) in [6, 6.07) is 12.6. The monoisotopic (exact) mass is 293 g/mol. The van der Waals surface area contributed by atoms with Crippen LogP contribution in [0.5, 0.6) is 5.75 Å². The number of azo groups is 1. The first kappa shape index (κ1) is 13.8. The number of nitrogens with zero attached hydrogens (tertiary/aromatic N) is 3. The number of rotatable bonds is 3. The van der Waals surface area contributed by atoms with Crippen LogP contribution < -0.4 is 16.2 Å². The number of pyridine rings is 1. The lowest BCUT2D eigenvalue weighted by molar-refractivity contribution is 0.415. The lowest BCUT2D eigenvalue weighted by Gasteiger charge is -2.05. The van der Waals surface area contributed by atoms with Crippen LogP contribution in [-0.2, 0) is 0 Å². The SMILES string of the molecule is COc1cc(N=Nc2ccc(N)cc2N)c2ncccc2c1. The number of nitrogens with two attached hydrogens (primary N) is 2. The summed E-state index contributed by atoms with van der Waals surface area (Å²) in [6.45, 7) is 0. The maximum absolute atomic E-state index is 5.88. The van der Waals surface area contributed by atoms with Gasteiger partial charge in [-0.25, -0.2) is 0 Å². The van der Waals surface area contributed by atoms with E-state index in [2.05, 4.69) is 15.2 Å². The molecule has 0 saturated carbocycles. The van der Waals surface area contributed by atoms with Crippen molar-refractivity contribution in [2.45, 2.75) is 0 Å². The van der Waals surface area contributed by atoms with Gasteiger partial charge in [-0.2, -0.15) is 0 Å². The molecular formula is C16H15N5O. The first-order chi connectivity index (χ1) is 10.7. The molecule has 0 unspecified atom stereocenters. The molecule has 0 radical (unpaired) electrons. The molecule has 2 aromatic carbocycles. The fraction of sp³-hybridized carbons (Fsp3) is 0.0625. The zero-order valence-electron chi connectivity index (χ0n) is 12.0. The van der Waals surface area contributed by atoms with Gasteiger partial charge in [-0.05, 0) is 30.3 Å². The summed E-state index contributed by atoms with van der Waals surface area (Å²) in [4.78, 5) is 4.34. The van der Waals surface area contributed by atoms with Gasteiger partial charge in [0.25, 0.3) is 0 Å². The minimum atomic E-state index is 0.476. The number of fused-ring (bicyclic) bond motifs is 1. The minimum Gasteiger partial charge on any atom is -0.497 e. The number of hydrogen-bond donors (Lipinski definition) is 2. The molecule has 0 amide bonds. The Morgan fingerprint density at radius 3 is 2.59 bits per heavy atom. The summed E-state index contributed by atoms with van der Waals surface area (Å²) in [5, 5.41) is 9.39. The summed E-state index contributed by atoms with van der Waals surface area (Å²) in [5.41, 5.74) is 14.5. The molecule has 3 aromatic rings. The minimum absolute atomic E-state index is 0.476. The van der Waals surface area contributed by atoms with E-state index in [-0.39, 0.29) is 0 Å². The normalized spacial score (nSPS) is 11.1. The standard InChI is InChI=1S/C16H15N5O/c1-22-12-7-10-3-2-6-19-16(10)15(9-12)21-20-14-5-4-11(17)8-13(14)18/h2-9H,17-18H2,1H3. The van der Waals surface area contributed by atoms with E-state index < -0.39 is 0 Å². The average Bonchev–Trinajstić information content (AvgIpc) is 2.53. The second-order valence-corrected chi connectivity index (χ2v) is 4.74. The number of nitrogen functional groups attached to an aromatic ring is 2. The summed E-state index contributed by atoms with van der Waals surface area (Å²) >= 11 is 0. The summed E-state index contributed by atoms with van der Waals surface area (Å²) < 4.78 is 5.28. The van der Waals surface area contributed by atoms with Crippen LogP contribution in [0.4, 0.5) is 22.7 Å². The third kappa shape index (κ3) is 2.67. The predicted octanol–water partition coefficient (Wildman–Crippen LogP) is 3.82. The molecule has 1 aromatic heterocycles. The Hall–Kier alpha value is -3.15. The lowest BCUT2D eigenvalue weighted by Crippen LogP contribution is -1.89. The van der Waals surface area contributed by atoms with E-state index >= 15 is 0 Å². The third-order valence-corrected chi connectivity index (χ3v) is 3.21. The lowest BCUT2D eigenvalue weighted by atomic mass is 10.2. The van der Waals surface area contributed by atoms with Gasteiger partial charge in [-0.15, -0.1) is 10.2 Å². The highest BCUT2D eigenvalue weighted by Gasteiger charge is 2.05. The van der Waals surface area contributed by atoms with Gasteiger partial charge in [0.1, 0.15) is 17.1 Å². The number of benzene rings is 2. The van der Waals surface area contributed by atoms with E-state index in [1.54, 1.807) is 37.6 Å². The molecule has 3 rings (SSSR count). The molecule has 110 valence electrons. The van der Waals surface area contributed by atoms with Gasteiger partial charge in [0.2, 0.25) is 0 Å². The van der Waals surface area contributed by atoms with Crippen molar-refractivity contribution in [3.63, 3.8) is 0 Å². The highest BCUT2D eigenvalue weighted by Crippen LogP contribution is 2.32. The van der Waals surface area contributed by atoms with Crippen molar-refractivity contribution in [2.75, 3.05) is 18.6 Å². The molecule has 0 aliphatic rings. The Labute approximate surface area is 127 Å². The summed E-state index contributed by atoms with van der Waals surface area (Å²) in [7, 11) is 1.61. The maximum atomic E-state index is 5.88. The molecule has 0 fully saturated rings. The number of hydrogen-bond acceptors (Lipinski definition) is 6. The van der Waals surface area contributed by atoms with Crippen molar-refractivity contribution in [1.82, 2.24) is 4.98 Å². The van der Waals surface area contributed by atoms with Crippen LogP contribution in [0.15, 0.2) is 58.9 Å². The Morgan fingerprint density at radius 1 is 1.00 bits per heavy atom. The van der Waals surface area contributed by atoms with Gasteiger partial charge in [-0.3, -0.25) is 4.98 Å². The van der Waals surface area contributed by atoms with Gasteiger partial charge < -0.3 is 16.2 Å². The largest absolute Gasteiger partial charge is 0.497 e. The summed E-state index contributed by atoms with van der Waals surface area (Å²) in [5.74, 6) is 0.694. The highest BCUT2D eigenvalue weighted by atomic mass is 16.5. The number of methoxy groups -OCH3 is 1. The second-order valence-electron chi connectivity index (χ2n) is 4.74. The topological polar surface area (TPSA) is 98.9 Å². The Kier molecular flexibility index (Phi) is 3.57. The van der Waals surface area contributed by atoms with Gasteiger partial charge in [0.05, 0.1) is 18.3 Å². The quantitative estimate of drug-likeness (QED) is 0.566. The van der Waals surface area contributed by atoms with Crippen molar-refractivity contribution in [3.05, 3.63) is 48.7 Å². The van der Waals surface area contributed by atoms with E-state index in [9.17, 15) is 0 Å². The van der Waals surface area contributed by atoms with E-state index in [1.807, 2.05) is 18.2 Å². The molecular weight excluding hydrogens is 278 g/mol. The van der Waals surface area contributed by atoms with Gasteiger partial charge in [0.15, 0.2) is 0 Å². The molecule has 0 bridgehead atoms. The fourth-order valence-electron chi connectivity index (χ4n) is 2.11. The van der Waals surface area contributed by atoms with Crippen LogP contribution in [0.1, 0.15) is 0 Å². The maximum Gasteiger partial charge on any atom is 0.121 e. The van der Waals surface area contributed by atoms with Crippen molar-refractivity contribution < 1.29 is 4.74 Å². The Bertz CT molecular complexity index is 860. The van der Waals surface area contributed by atoms with Gasteiger partial charge >= 0.3 is 0 Å². The van der Waals surface area contributed by atoms with Gasteiger partial charge in [0, 0.05) is 23.3 Å². The molecule has 0 saturated heterocycles. The van der Waals surface area contributed by atoms with Crippen LogP contribution in [0.2, 0.25) is 0 Å². The molecule has 6 heteroatoms.